The van der Waals surface area contributed by atoms with E-state index in [-0.39, 0.29) is 11.3 Å². The molecule has 0 radical (unpaired) electrons. The number of ketones is 1. The average Bonchev–Trinajstić information content (AvgIpc) is 3.28. The van der Waals surface area contributed by atoms with E-state index in [1.807, 2.05) is 19.0 Å². The number of nitrogens with zero attached hydrogens (tertiary/aromatic N) is 2. The molecule has 3 heterocycles. The summed E-state index contributed by atoms with van der Waals surface area (Å²) in [6.07, 6.45) is 0.681. The first-order valence-electron chi connectivity index (χ1n) is 10.3. The van der Waals surface area contributed by atoms with Crippen LogP contribution in [0.3, 0.4) is 0 Å². The number of fused-ring (bicyclic) bond motifs is 1. The first-order chi connectivity index (χ1) is 14.9. The predicted octanol–water partition coefficient (Wildman–Crippen LogP) is 2.73. The van der Waals surface area contributed by atoms with Crippen LogP contribution in [0.2, 0.25) is 0 Å². The van der Waals surface area contributed by atoms with Gasteiger partial charge in [0, 0.05) is 12.1 Å². The molecule has 2 aliphatic rings. The Labute approximate surface area is 180 Å². The van der Waals surface area contributed by atoms with Crippen LogP contribution in [0.1, 0.15) is 29.5 Å². The van der Waals surface area contributed by atoms with Crippen LogP contribution in [-0.2, 0) is 9.59 Å². The number of benzene rings is 1. The highest BCUT2D eigenvalue weighted by molar-refractivity contribution is 6.46. The van der Waals surface area contributed by atoms with E-state index in [1.54, 1.807) is 37.3 Å². The van der Waals surface area contributed by atoms with E-state index in [9.17, 15) is 14.7 Å². The van der Waals surface area contributed by atoms with Crippen LogP contribution in [0, 0.1) is 6.92 Å². The van der Waals surface area contributed by atoms with E-state index in [1.165, 1.54) is 4.90 Å². The van der Waals surface area contributed by atoms with Crippen molar-refractivity contribution in [3.05, 3.63) is 53.0 Å². The summed E-state index contributed by atoms with van der Waals surface area (Å²) < 4.78 is 16.9. The molecular formula is C23H26N2O6. The van der Waals surface area contributed by atoms with Gasteiger partial charge in [0.15, 0.2) is 11.5 Å². The first kappa shape index (κ1) is 21.0. The largest absolute Gasteiger partial charge is 0.507 e. The molecule has 8 heteroatoms. The molecule has 0 bridgehead atoms. The Hall–Kier alpha value is -3.26. The molecule has 0 aliphatic carbocycles. The maximum absolute atomic E-state index is 13.0. The van der Waals surface area contributed by atoms with Crippen LogP contribution in [0.15, 0.2) is 40.3 Å². The van der Waals surface area contributed by atoms with E-state index in [2.05, 4.69) is 0 Å². The van der Waals surface area contributed by atoms with Crippen molar-refractivity contribution < 1.29 is 28.6 Å². The molecule has 2 aromatic rings. The highest BCUT2D eigenvalue weighted by Crippen LogP contribution is 2.41. The first-order valence-corrected chi connectivity index (χ1v) is 10.3. The number of rotatable bonds is 6. The van der Waals surface area contributed by atoms with Gasteiger partial charge < -0.3 is 28.8 Å². The zero-order valence-corrected chi connectivity index (χ0v) is 17.9. The highest BCUT2D eigenvalue weighted by atomic mass is 16.6. The second kappa shape index (κ2) is 8.47. The lowest BCUT2D eigenvalue weighted by Gasteiger charge is -2.24. The molecule has 1 aromatic carbocycles. The zero-order chi connectivity index (χ0) is 22.1. The lowest BCUT2D eigenvalue weighted by Crippen LogP contribution is -2.32. The minimum absolute atomic E-state index is 0.0147. The standard InChI is InChI=1S/C23H26N2O6/c1-14-5-7-17(31-14)20-19(22(27)23(28)25(20)10-4-9-24(2)3)21(26)15-6-8-16-18(13-15)30-12-11-29-16/h5-8,13,20,26H,4,9-12H2,1-3H3/b21-19-. The minimum atomic E-state index is -0.788. The van der Waals surface area contributed by atoms with Crippen molar-refractivity contribution in [3.8, 4) is 11.5 Å². The number of hydrogen-bond donors (Lipinski definition) is 1. The second-order valence-corrected chi connectivity index (χ2v) is 7.96. The van der Waals surface area contributed by atoms with Gasteiger partial charge in [-0.3, -0.25) is 9.59 Å². The Balaban J connectivity index is 1.76. The van der Waals surface area contributed by atoms with Crippen molar-refractivity contribution in [1.29, 1.82) is 0 Å². The van der Waals surface area contributed by atoms with Gasteiger partial charge in [0.25, 0.3) is 11.7 Å². The molecule has 0 spiro atoms. The number of aryl methyl sites for hydroxylation is 1. The molecule has 1 aromatic heterocycles. The summed E-state index contributed by atoms with van der Waals surface area (Å²) in [5, 5.41) is 11.1. The van der Waals surface area contributed by atoms with Gasteiger partial charge in [-0.15, -0.1) is 0 Å². The fraction of sp³-hybridized carbons (Fsp3) is 0.391. The number of furan rings is 1. The van der Waals surface area contributed by atoms with Gasteiger partial charge in [-0.1, -0.05) is 0 Å². The number of aliphatic hydroxyl groups is 1. The lowest BCUT2D eigenvalue weighted by atomic mass is 9.99. The van der Waals surface area contributed by atoms with Gasteiger partial charge in [0.1, 0.15) is 36.5 Å². The summed E-state index contributed by atoms with van der Waals surface area (Å²) in [5.74, 6) is 0.539. The van der Waals surface area contributed by atoms with Crippen molar-refractivity contribution in [2.45, 2.75) is 19.4 Å². The third-order valence-electron chi connectivity index (χ3n) is 5.39. The van der Waals surface area contributed by atoms with Crippen molar-refractivity contribution in [2.24, 2.45) is 0 Å². The summed E-state index contributed by atoms with van der Waals surface area (Å²) in [5.41, 5.74) is 0.393. The topological polar surface area (TPSA) is 92.4 Å². The van der Waals surface area contributed by atoms with Gasteiger partial charge >= 0.3 is 0 Å². The molecule has 1 atom stereocenters. The summed E-state index contributed by atoms with van der Waals surface area (Å²) in [7, 11) is 3.90. The number of likely N-dealkylation sites (tertiary alicyclic amines) is 1. The molecule has 1 amide bonds. The molecule has 31 heavy (non-hydrogen) atoms. The van der Waals surface area contributed by atoms with E-state index in [0.29, 0.717) is 54.8 Å². The summed E-state index contributed by atoms with van der Waals surface area (Å²) in [6, 6.07) is 7.67. The SMILES string of the molecule is Cc1ccc(C2/C(=C(/O)c3ccc4c(c3)OCCO4)C(=O)C(=O)N2CCCN(C)C)o1. The van der Waals surface area contributed by atoms with Gasteiger partial charge in [0.2, 0.25) is 0 Å². The van der Waals surface area contributed by atoms with E-state index < -0.39 is 17.7 Å². The molecule has 1 unspecified atom stereocenters. The number of Topliss-reactive ketones (excluding diaryl/α,β-unsaturated/α-hetero) is 1. The molecular weight excluding hydrogens is 400 g/mol. The third-order valence-corrected chi connectivity index (χ3v) is 5.39. The van der Waals surface area contributed by atoms with Crippen LogP contribution in [0.4, 0.5) is 0 Å². The number of hydrogen-bond acceptors (Lipinski definition) is 7. The molecule has 4 rings (SSSR count). The molecule has 1 fully saturated rings. The number of carbonyl (C=O) groups is 2. The van der Waals surface area contributed by atoms with Crippen LogP contribution in [-0.4, -0.2) is 67.0 Å². The van der Waals surface area contributed by atoms with Crippen molar-refractivity contribution >= 4 is 17.4 Å². The lowest BCUT2D eigenvalue weighted by molar-refractivity contribution is -0.140. The molecule has 1 saturated heterocycles. The summed E-state index contributed by atoms with van der Waals surface area (Å²) in [4.78, 5) is 29.4. The summed E-state index contributed by atoms with van der Waals surface area (Å²) in [6.45, 7) is 3.77. The number of carbonyl (C=O) groups excluding carboxylic acids is 2. The van der Waals surface area contributed by atoms with Crippen LogP contribution in [0.5, 0.6) is 11.5 Å². The monoisotopic (exact) mass is 426 g/mol. The van der Waals surface area contributed by atoms with Crippen molar-refractivity contribution in [1.82, 2.24) is 9.80 Å². The Morgan fingerprint density at radius 3 is 2.55 bits per heavy atom. The van der Waals surface area contributed by atoms with Crippen LogP contribution in [0.25, 0.3) is 5.76 Å². The van der Waals surface area contributed by atoms with E-state index in [0.717, 1.165) is 6.54 Å². The Kier molecular flexibility index (Phi) is 5.73. The van der Waals surface area contributed by atoms with E-state index in [4.69, 9.17) is 13.9 Å². The molecule has 1 N–H and O–H groups in total. The maximum atomic E-state index is 13.0. The Bertz CT molecular complexity index is 1040. The highest BCUT2D eigenvalue weighted by Gasteiger charge is 2.47. The minimum Gasteiger partial charge on any atom is -0.507 e. The van der Waals surface area contributed by atoms with Gasteiger partial charge in [0.05, 0.1) is 5.57 Å². The molecule has 2 aliphatic heterocycles. The Morgan fingerprint density at radius 1 is 1.13 bits per heavy atom. The second-order valence-electron chi connectivity index (χ2n) is 7.96. The maximum Gasteiger partial charge on any atom is 0.295 e. The van der Waals surface area contributed by atoms with Gasteiger partial charge in [-0.05, 0) is 64.3 Å². The van der Waals surface area contributed by atoms with Crippen LogP contribution >= 0.6 is 0 Å². The van der Waals surface area contributed by atoms with Gasteiger partial charge in [-0.25, -0.2) is 0 Å². The number of amides is 1. The molecule has 0 saturated carbocycles. The number of aliphatic hydroxyl groups excluding tert-OH is 1. The van der Waals surface area contributed by atoms with Crippen molar-refractivity contribution in [3.63, 3.8) is 0 Å². The van der Waals surface area contributed by atoms with Crippen LogP contribution < -0.4 is 9.47 Å². The Morgan fingerprint density at radius 2 is 1.87 bits per heavy atom. The van der Waals surface area contributed by atoms with Gasteiger partial charge in [-0.2, -0.15) is 0 Å². The molecule has 8 nitrogen and oxygen atoms in total. The van der Waals surface area contributed by atoms with Crippen molar-refractivity contribution in [2.75, 3.05) is 40.4 Å². The predicted molar refractivity (Wildman–Crippen MR) is 113 cm³/mol. The fourth-order valence-electron chi connectivity index (χ4n) is 3.91. The average molecular weight is 426 g/mol. The molecule has 164 valence electrons. The fourth-order valence-corrected chi connectivity index (χ4v) is 3.91. The number of ether oxygens (including phenoxy) is 2. The third kappa shape index (κ3) is 4.03. The smallest absolute Gasteiger partial charge is 0.295 e. The zero-order valence-electron chi connectivity index (χ0n) is 17.9. The van der Waals surface area contributed by atoms with E-state index >= 15 is 0 Å². The normalized spacial score (nSPS) is 20.0. The quantitative estimate of drug-likeness (QED) is 0.431. The summed E-state index contributed by atoms with van der Waals surface area (Å²) >= 11 is 0.